The molecular weight excluding hydrogens is 386 g/mol. The molecule has 1 aliphatic carbocycles. The third kappa shape index (κ3) is 4.16. The number of aryl methyl sites for hydroxylation is 2. The third-order valence-electron chi connectivity index (χ3n) is 5.63. The van der Waals surface area contributed by atoms with Gasteiger partial charge in [0.15, 0.2) is 17.3 Å². The first-order valence-corrected chi connectivity index (χ1v) is 11.0. The van der Waals surface area contributed by atoms with Gasteiger partial charge >= 0.3 is 0 Å². The Bertz CT molecular complexity index is 1070. The van der Waals surface area contributed by atoms with Gasteiger partial charge in [0.2, 0.25) is 0 Å². The second-order valence-corrected chi connectivity index (χ2v) is 8.81. The normalized spacial score (nSPS) is 14.6. The highest BCUT2D eigenvalue weighted by Crippen LogP contribution is 2.33. The van der Waals surface area contributed by atoms with Crippen LogP contribution in [-0.4, -0.2) is 37.8 Å². The van der Waals surface area contributed by atoms with Gasteiger partial charge in [0.25, 0.3) is 5.56 Å². The zero-order valence-electron chi connectivity index (χ0n) is 17.3. The molecule has 7 heteroatoms. The third-order valence-corrected chi connectivity index (χ3v) is 6.82. The average molecular weight is 415 g/mol. The van der Waals surface area contributed by atoms with Crippen LogP contribution >= 0.6 is 11.3 Å². The molecule has 4 rings (SSSR count). The maximum Gasteiger partial charge on any atom is 0.260 e. The number of nitrogens with one attached hydrogen (secondary N) is 2. The van der Waals surface area contributed by atoms with Gasteiger partial charge < -0.3 is 19.4 Å². The molecule has 2 heterocycles. The average Bonchev–Trinajstić information content (AvgIpc) is 3.10. The van der Waals surface area contributed by atoms with Crippen molar-refractivity contribution in [2.45, 2.75) is 38.6 Å². The predicted molar refractivity (Wildman–Crippen MR) is 116 cm³/mol. The molecule has 0 fully saturated rings. The molecule has 154 valence electrons. The Balaban J connectivity index is 1.45. The number of aromatic amines is 1. The molecule has 6 nitrogen and oxygen atoms in total. The summed E-state index contributed by atoms with van der Waals surface area (Å²) in [6, 6.07) is 6.03. The number of rotatable bonds is 7. The summed E-state index contributed by atoms with van der Waals surface area (Å²) < 4.78 is 10.7. The van der Waals surface area contributed by atoms with Gasteiger partial charge in [-0.05, 0) is 48.9 Å². The van der Waals surface area contributed by atoms with E-state index in [2.05, 4.69) is 18.1 Å². The van der Waals surface area contributed by atoms with E-state index in [0.29, 0.717) is 6.54 Å². The number of hydrogen-bond acceptors (Lipinski definition) is 5. The van der Waals surface area contributed by atoms with Gasteiger partial charge in [-0.1, -0.05) is 6.07 Å². The Morgan fingerprint density at radius 2 is 1.97 bits per heavy atom. The highest BCUT2D eigenvalue weighted by molar-refractivity contribution is 7.18. The zero-order valence-corrected chi connectivity index (χ0v) is 18.1. The van der Waals surface area contributed by atoms with Gasteiger partial charge in [0, 0.05) is 11.3 Å². The molecule has 0 radical (unpaired) electrons. The number of thiophene rings is 1. The van der Waals surface area contributed by atoms with E-state index < -0.39 is 0 Å². The minimum atomic E-state index is 0.0251. The van der Waals surface area contributed by atoms with Crippen LogP contribution in [0, 0.1) is 0 Å². The maximum absolute atomic E-state index is 12.7. The molecule has 29 heavy (non-hydrogen) atoms. The number of aromatic nitrogens is 2. The Morgan fingerprint density at radius 3 is 2.76 bits per heavy atom. The molecule has 1 aliphatic rings. The van der Waals surface area contributed by atoms with E-state index in [-0.39, 0.29) is 5.56 Å². The minimum absolute atomic E-state index is 0.0251. The highest BCUT2D eigenvalue weighted by Gasteiger charge is 2.20. The van der Waals surface area contributed by atoms with Gasteiger partial charge in [-0.3, -0.25) is 4.79 Å². The van der Waals surface area contributed by atoms with E-state index in [1.54, 1.807) is 25.6 Å². The number of methoxy groups -OCH3 is 2. The van der Waals surface area contributed by atoms with Crippen molar-refractivity contribution in [1.29, 1.82) is 0 Å². The fourth-order valence-electron chi connectivity index (χ4n) is 4.06. The standard InChI is InChI=1S/C22H27N3O3S/c1-25(11-10-14-8-9-16(27-2)17(12-14)28-3)13-19-23-21(26)20-15-6-4-5-7-18(15)29-22(20)24-19/h8-9,12H,4-7,10-11,13H2,1-3H3,(H,23,24,26)/p+1. The van der Waals surface area contributed by atoms with Crippen LogP contribution in [0.1, 0.15) is 34.7 Å². The van der Waals surface area contributed by atoms with Crippen molar-refractivity contribution in [3.8, 4) is 11.5 Å². The van der Waals surface area contributed by atoms with Crippen LogP contribution in [0.25, 0.3) is 10.2 Å². The Kier molecular flexibility index (Phi) is 5.87. The van der Waals surface area contributed by atoms with Crippen molar-refractivity contribution in [2.24, 2.45) is 0 Å². The molecule has 1 unspecified atom stereocenters. The zero-order chi connectivity index (χ0) is 20.4. The molecule has 0 saturated heterocycles. The summed E-state index contributed by atoms with van der Waals surface area (Å²) in [6.07, 6.45) is 5.39. The second kappa shape index (κ2) is 8.55. The van der Waals surface area contributed by atoms with E-state index >= 15 is 0 Å². The van der Waals surface area contributed by atoms with Crippen molar-refractivity contribution in [3.05, 3.63) is 50.4 Å². The molecule has 1 atom stereocenters. The SMILES string of the molecule is COc1ccc(CC[NH+](C)Cc2nc3sc4c(c3c(=O)[nH]2)CCCC4)cc1OC. The lowest BCUT2D eigenvalue weighted by Crippen LogP contribution is -3.08. The highest BCUT2D eigenvalue weighted by atomic mass is 32.1. The lowest BCUT2D eigenvalue weighted by molar-refractivity contribution is -0.894. The molecule has 0 aliphatic heterocycles. The van der Waals surface area contributed by atoms with Gasteiger partial charge in [-0.25, -0.2) is 4.98 Å². The van der Waals surface area contributed by atoms with Crippen molar-refractivity contribution in [3.63, 3.8) is 0 Å². The van der Waals surface area contributed by atoms with Crippen LogP contribution in [-0.2, 0) is 25.8 Å². The van der Waals surface area contributed by atoms with Crippen molar-refractivity contribution in [2.75, 3.05) is 27.8 Å². The van der Waals surface area contributed by atoms with Crippen LogP contribution < -0.4 is 19.9 Å². The van der Waals surface area contributed by atoms with E-state index in [1.165, 1.54) is 33.7 Å². The van der Waals surface area contributed by atoms with Crippen molar-refractivity contribution >= 4 is 21.6 Å². The number of quaternary nitrogens is 1. The lowest BCUT2D eigenvalue weighted by atomic mass is 9.97. The van der Waals surface area contributed by atoms with Crippen LogP contribution in [0.2, 0.25) is 0 Å². The molecule has 0 amide bonds. The second-order valence-electron chi connectivity index (χ2n) is 7.73. The Morgan fingerprint density at radius 1 is 1.17 bits per heavy atom. The fraction of sp³-hybridized carbons (Fsp3) is 0.455. The van der Waals surface area contributed by atoms with Gasteiger partial charge in [-0.15, -0.1) is 11.3 Å². The van der Waals surface area contributed by atoms with E-state index in [0.717, 1.165) is 53.3 Å². The summed E-state index contributed by atoms with van der Waals surface area (Å²) >= 11 is 1.71. The maximum atomic E-state index is 12.7. The number of hydrogen-bond donors (Lipinski definition) is 2. The number of ether oxygens (including phenoxy) is 2. The topological polar surface area (TPSA) is 68.7 Å². The predicted octanol–water partition coefficient (Wildman–Crippen LogP) is 2.14. The summed E-state index contributed by atoms with van der Waals surface area (Å²) in [4.78, 5) is 24.1. The number of fused-ring (bicyclic) bond motifs is 3. The lowest BCUT2D eigenvalue weighted by Gasteiger charge is -2.14. The van der Waals surface area contributed by atoms with Crippen LogP contribution in [0.15, 0.2) is 23.0 Å². The molecule has 2 N–H and O–H groups in total. The number of nitrogens with zero attached hydrogens (tertiary/aromatic N) is 1. The number of likely N-dealkylation sites (N-methyl/N-ethyl adjacent to an activating group) is 1. The molecule has 1 aromatic carbocycles. The van der Waals surface area contributed by atoms with E-state index in [4.69, 9.17) is 14.5 Å². The van der Waals surface area contributed by atoms with Crippen LogP contribution in [0.4, 0.5) is 0 Å². The summed E-state index contributed by atoms with van der Waals surface area (Å²) in [6.45, 7) is 1.62. The van der Waals surface area contributed by atoms with Gasteiger partial charge in [-0.2, -0.15) is 0 Å². The smallest absolute Gasteiger partial charge is 0.260 e. The van der Waals surface area contributed by atoms with Crippen LogP contribution in [0.3, 0.4) is 0 Å². The van der Waals surface area contributed by atoms with Crippen molar-refractivity contribution < 1.29 is 14.4 Å². The molecule has 0 saturated carbocycles. The Hall–Kier alpha value is -2.38. The summed E-state index contributed by atoms with van der Waals surface area (Å²) in [5.74, 6) is 2.26. The van der Waals surface area contributed by atoms with E-state index in [9.17, 15) is 4.79 Å². The Labute approximate surface area is 174 Å². The largest absolute Gasteiger partial charge is 0.493 e. The first-order valence-electron chi connectivity index (χ1n) is 10.1. The minimum Gasteiger partial charge on any atom is -0.493 e. The van der Waals surface area contributed by atoms with Crippen molar-refractivity contribution in [1.82, 2.24) is 9.97 Å². The first kappa shape index (κ1) is 19.9. The number of H-pyrrole nitrogens is 1. The monoisotopic (exact) mass is 414 g/mol. The molecule has 0 bridgehead atoms. The molecule has 0 spiro atoms. The van der Waals surface area contributed by atoms with Gasteiger partial charge in [0.1, 0.15) is 11.4 Å². The molecular formula is C22H28N3O3S+. The fourth-order valence-corrected chi connectivity index (χ4v) is 5.34. The molecule has 2 aromatic heterocycles. The quantitative estimate of drug-likeness (QED) is 0.622. The van der Waals surface area contributed by atoms with Gasteiger partial charge in [0.05, 0.1) is 33.2 Å². The summed E-state index contributed by atoms with van der Waals surface area (Å²) in [5, 5.41) is 0.830. The summed E-state index contributed by atoms with van der Waals surface area (Å²) in [5.41, 5.74) is 2.47. The van der Waals surface area contributed by atoms with E-state index in [1.807, 2.05) is 12.1 Å². The van der Waals surface area contributed by atoms with Crippen LogP contribution in [0.5, 0.6) is 11.5 Å². The first-order chi connectivity index (χ1) is 14.1. The molecule has 3 aromatic rings. The summed E-state index contributed by atoms with van der Waals surface area (Å²) in [7, 11) is 5.42. The number of benzene rings is 1.